The molecule has 0 aliphatic heterocycles. The minimum Gasteiger partial charge on any atom is -0.495 e. The van der Waals surface area contributed by atoms with Gasteiger partial charge in [0.05, 0.1) is 12.8 Å². The van der Waals surface area contributed by atoms with Gasteiger partial charge in [0.2, 0.25) is 10.0 Å². The van der Waals surface area contributed by atoms with Crippen LogP contribution in [0.1, 0.15) is 5.69 Å². The summed E-state index contributed by atoms with van der Waals surface area (Å²) in [5, 5.41) is 7.65. The molecule has 0 aliphatic carbocycles. The van der Waals surface area contributed by atoms with Crippen LogP contribution in [0.3, 0.4) is 0 Å². The SMILES string of the molecule is COc1ccc(Cl)cc1S(=O)(=O)NCCNc1cc(-n2ccc(C)n2)ncn1. The van der Waals surface area contributed by atoms with Crippen LogP contribution in [0.4, 0.5) is 5.82 Å². The van der Waals surface area contributed by atoms with Gasteiger partial charge >= 0.3 is 0 Å². The van der Waals surface area contributed by atoms with Gasteiger partial charge < -0.3 is 10.1 Å². The van der Waals surface area contributed by atoms with E-state index in [1.807, 2.05) is 13.0 Å². The van der Waals surface area contributed by atoms with Crippen molar-refractivity contribution in [2.75, 3.05) is 25.5 Å². The molecule has 11 heteroatoms. The molecule has 148 valence electrons. The average Bonchev–Trinajstić information content (AvgIpc) is 3.12. The van der Waals surface area contributed by atoms with Gasteiger partial charge in [-0.15, -0.1) is 0 Å². The van der Waals surface area contributed by atoms with Crippen LogP contribution >= 0.6 is 11.6 Å². The average molecular weight is 423 g/mol. The highest BCUT2D eigenvalue weighted by molar-refractivity contribution is 7.89. The van der Waals surface area contributed by atoms with E-state index < -0.39 is 10.0 Å². The third kappa shape index (κ3) is 4.77. The second-order valence-electron chi connectivity index (χ2n) is 5.78. The Bertz CT molecular complexity index is 1070. The van der Waals surface area contributed by atoms with Gasteiger partial charge in [0, 0.05) is 30.4 Å². The standard InChI is InChI=1S/C17H19ClN6O3S/c1-12-5-8-24(23-12)17-10-16(20-11-21-17)19-6-7-22-28(25,26)15-9-13(18)3-4-14(15)27-2/h3-5,8-11,22H,6-7H2,1-2H3,(H,19,20,21). The van der Waals surface area contributed by atoms with Crippen molar-refractivity contribution in [3.8, 4) is 11.6 Å². The van der Waals surface area contributed by atoms with Gasteiger partial charge in [-0.25, -0.2) is 27.8 Å². The van der Waals surface area contributed by atoms with Gasteiger partial charge in [0.25, 0.3) is 0 Å². The first-order valence-electron chi connectivity index (χ1n) is 8.31. The van der Waals surface area contributed by atoms with Crippen LogP contribution < -0.4 is 14.8 Å². The molecule has 2 N–H and O–H groups in total. The summed E-state index contributed by atoms with van der Waals surface area (Å²) in [5.41, 5.74) is 0.874. The molecule has 0 unspecified atom stereocenters. The number of hydrogen-bond donors (Lipinski definition) is 2. The van der Waals surface area contributed by atoms with Crippen molar-refractivity contribution < 1.29 is 13.2 Å². The minimum atomic E-state index is -3.77. The second kappa shape index (κ2) is 8.55. The summed E-state index contributed by atoms with van der Waals surface area (Å²) in [5.74, 6) is 1.38. The highest BCUT2D eigenvalue weighted by atomic mass is 35.5. The van der Waals surface area contributed by atoms with Crippen molar-refractivity contribution in [3.05, 3.63) is 53.6 Å². The number of halogens is 1. The Morgan fingerprint density at radius 2 is 2.00 bits per heavy atom. The molecule has 2 heterocycles. The summed E-state index contributed by atoms with van der Waals surface area (Å²) in [6.07, 6.45) is 3.21. The van der Waals surface area contributed by atoms with Gasteiger partial charge in [-0.1, -0.05) is 11.6 Å². The summed E-state index contributed by atoms with van der Waals surface area (Å²) in [6, 6.07) is 8.01. The molecule has 0 aliphatic rings. The van der Waals surface area contributed by atoms with Gasteiger partial charge in [-0.05, 0) is 31.2 Å². The number of nitrogens with one attached hydrogen (secondary N) is 2. The quantitative estimate of drug-likeness (QED) is 0.534. The highest BCUT2D eigenvalue weighted by Crippen LogP contribution is 2.26. The number of sulfonamides is 1. The molecule has 0 radical (unpaired) electrons. The third-order valence-corrected chi connectivity index (χ3v) is 5.47. The number of hydrogen-bond acceptors (Lipinski definition) is 7. The number of aromatic nitrogens is 4. The first-order valence-corrected chi connectivity index (χ1v) is 10.2. The summed E-state index contributed by atoms with van der Waals surface area (Å²) in [6.45, 7) is 2.34. The molecule has 0 saturated heterocycles. The van der Waals surface area contributed by atoms with E-state index in [1.165, 1.54) is 25.6 Å². The molecule has 28 heavy (non-hydrogen) atoms. The first-order chi connectivity index (χ1) is 13.4. The lowest BCUT2D eigenvalue weighted by Gasteiger charge is -2.12. The largest absolute Gasteiger partial charge is 0.495 e. The number of benzene rings is 1. The van der Waals surface area contributed by atoms with Gasteiger partial charge in [0.1, 0.15) is 22.8 Å². The molecular weight excluding hydrogens is 404 g/mol. The van der Waals surface area contributed by atoms with E-state index in [1.54, 1.807) is 23.0 Å². The molecule has 3 rings (SSSR count). The highest BCUT2D eigenvalue weighted by Gasteiger charge is 2.19. The lowest BCUT2D eigenvalue weighted by Crippen LogP contribution is -2.29. The Labute approximate surface area is 167 Å². The lowest BCUT2D eigenvalue weighted by molar-refractivity contribution is 0.402. The van der Waals surface area contributed by atoms with Crippen LogP contribution in [0.2, 0.25) is 5.02 Å². The first kappa shape index (κ1) is 20.1. The lowest BCUT2D eigenvalue weighted by atomic mass is 10.3. The Kier molecular flexibility index (Phi) is 6.12. The van der Waals surface area contributed by atoms with Crippen LogP contribution in [-0.2, 0) is 10.0 Å². The van der Waals surface area contributed by atoms with Crippen molar-refractivity contribution in [2.24, 2.45) is 0 Å². The maximum absolute atomic E-state index is 12.5. The van der Waals surface area contributed by atoms with E-state index >= 15 is 0 Å². The predicted molar refractivity (Wildman–Crippen MR) is 106 cm³/mol. The third-order valence-electron chi connectivity index (χ3n) is 3.75. The molecule has 0 fully saturated rings. The van der Waals surface area contributed by atoms with E-state index in [0.717, 1.165) is 5.69 Å². The normalized spacial score (nSPS) is 11.4. The Hall–Kier alpha value is -2.69. The zero-order chi connectivity index (χ0) is 20.1. The van der Waals surface area contributed by atoms with Crippen LogP contribution in [-0.4, -0.2) is 48.4 Å². The molecule has 0 bridgehead atoms. The second-order valence-corrected chi connectivity index (χ2v) is 7.95. The number of methoxy groups -OCH3 is 1. The Morgan fingerprint density at radius 1 is 1.18 bits per heavy atom. The maximum Gasteiger partial charge on any atom is 0.244 e. The minimum absolute atomic E-state index is 0.0131. The van der Waals surface area contributed by atoms with Crippen molar-refractivity contribution in [1.29, 1.82) is 0 Å². The van der Waals surface area contributed by atoms with Crippen molar-refractivity contribution in [1.82, 2.24) is 24.5 Å². The van der Waals surface area contributed by atoms with Crippen molar-refractivity contribution >= 4 is 27.4 Å². The number of ether oxygens (including phenoxy) is 1. The van der Waals surface area contributed by atoms with E-state index in [-0.39, 0.29) is 17.2 Å². The summed E-state index contributed by atoms with van der Waals surface area (Å²) >= 11 is 5.91. The van der Waals surface area contributed by atoms with E-state index in [9.17, 15) is 8.42 Å². The molecule has 0 spiro atoms. The van der Waals surface area contributed by atoms with Crippen LogP contribution in [0, 0.1) is 6.92 Å². The number of nitrogens with zero attached hydrogens (tertiary/aromatic N) is 4. The number of rotatable bonds is 8. The van der Waals surface area contributed by atoms with Gasteiger partial charge in [-0.2, -0.15) is 5.10 Å². The number of aryl methyl sites for hydroxylation is 1. The summed E-state index contributed by atoms with van der Waals surface area (Å²) in [7, 11) is -2.37. The molecule has 0 atom stereocenters. The monoisotopic (exact) mass is 422 g/mol. The molecule has 0 amide bonds. The van der Waals surface area contributed by atoms with Crippen molar-refractivity contribution in [2.45, 2.75) is 11.8 Å². The molecule has 0 saturated carbocycles. The maximum atomic E-state index is 12.5. The van der Waals surface area contributed by atoms with E-state index in [2.05, 4.69) is 25.1 Å². The fraction of sp³-hybridized carbons (Fsp3) is 0.235. The van der Waals surface area contributed by atoms with Crippen LogP contribution in [0.15, 0.2) is 47.8 Å². The summed E-state index contributed by atoms with van der Waals surface area (Å²) in [4.78, 5) is 8.28. The van der Waals surface area contributed by atoms with Gasteiger partial charge in [-0.3, -0.25) is 0 Å². The molecular formula is C17H19ClN6O3S. The fourth-order valence-corrected chi connectivity index (χ4v) is 3.89. The summed E-state index contributed by atoms with van der Waals surface area (Å²) < 4.78 is 34.2. The zero-order valence-corrected chi connectivity index (χ0v) is 16.8. The molecule has 9 nitrogen and oxygen atoms in total. The predicted octanol–water partition coefficient (Wildman–Crippen LogP) is 2.02. The van der Waals surface area contributed by atoms with Crippen molar-refractivity contribution in [3.63, 3.8) is 0 Å². The van der Waals surface area contributed by atoms with E-state index in [4.69, 9.17) is 16.3 Å². The topological polar surface area (TPSA) is 111 Å². The van der Waals surface area contributed by atoms with Crippen LogP contribution in [0.25, 0.3) is 5.82 Å². The van der Waals surface area contributed by atoms with Crippen LogP contribution in [0.5, 0.6) is 5.75 Å². The molecule has 3 aromatic rings. The van der Waals surface area contributed by atoms with E-state index in [0.29, 0.717) is 23.2 Å². The zero-order valence-electron chi connectivity index (χ0n) is 15.3. The molecule has 1 aromatic carbocycles. The molecule has 2 aromatic heterocycles. The van der Waals surface area contributed by atoms with Gasteiger partial charge in [0.15, 0.2) is 5.82 Å². The Balaban J connectivity index is 1.61. The Morgan fingerprint density at radius 3 is 2.71 bits per heavy atom. The number of anilines is 1. The smallest absolute Gasteiger partial charge is 0.244 e. The fourth-order valence-electron chi connectivity index (χ4n) is 2.43.